The van der Waals surface area contributed by atoms with E-state index in [-0.39, 0.29) is 11.4 Å². The molecular weight excluding hydrogens is 225 g/mol. The first kappa shape index (κ1) is 13.5. The van der Waals surface area contributed by atoms with Gasteiger partial charge in [0, 0.05) is 5.54 Å². The van der Waals surface area contributed by atoms with Crippen molar-refractivity contribution in [1.82, 2.24) is 0 Å². The molecule has 18 heavy (non-hydrogen) atoms. The van der Waals surface area contributed by atoms with Gasteiger partial charge in [-0.2, -0.15) is 0 Å². The molecule has 2 N–H and O–H groups in total. The van der Waals surface area contributed by atoms with Crippen LogP contribution in [0.4, 0.5) is 4.39 Å². The Kier molecular flexibility index (Phi) is 3.76. The molecule has 2 rings (SSSR count). The minimum absolute atomic E-state index is 0.185. The smallest absolute Gasteiger partial charge is 0.123 e. The van der Waals surface area contributed by atoms with Crippen molar-refractivity contribution in [2.45, 2.75) is 57.9 Å². The van der Waals surface area contributed by atoms with E-state index in [2.05, 4.69) is 13.8 Å². The zero-order valence-corrected chi connectivity index (χ0v) is 11.5. The van der Waals surface area contributed by atoms with Gasteiger partial charge in [0.2, 0.25) is 0 Å². The zero-order chi connectivity index (χ0) is 13.2. The van der Waals surface area contributed by atoms with E-state index >= 15 is 0 Å². The second kappa shape index (κ2) is 5.00. The van der Waals surface area contributed by atoms with Crippen LogP contribution in [0, 0.1) is 11.2 Å². The fraction of sp³-hybridized carbons (Fsp3) is 0.625. The van der Waals surface area contributed by atoms with Gasteiger partial charge in [-0.15, -0.1) is 0 Å². The van der Waals surface area contributed by atoms with Crippen molar-refractivity contribution < 1.29 is 4.39 Å². The molecule has 0 amide bonds. The van der Waals surface area contributed by atoms with Crippen LogP contribution >= 0.6 is 0 Å². The Morgan fingerprint density at radius 2 is 1.56 bits per heavy atom. The first-order chi connectivity index (χ1) is 8.53. The summed E-state index contributed by atoms with van der Waals surface area (Å²) in [5, 5.41) is 0. The molecule has 1 fully saturated rings. The molecule has 1 aromatic rings. The van der Waals surface area contributed by atoms with Crippen molar-refractivity contribution in [2.24, 2.45) is 11.1 Å². The summed E-state index contributed by atoms with van der Waals surface area (Å²) in [5.74, 6) is -0.185. The molecule has 0 atom stereocenters. The van der Waals surface area contributed by atoms with Gasteiger partial charge in [0.15, 0.2) is 0 Å². The Hall–Kier alpha value is -0.890. The van der Waals surface area contributed by atoms with Gasteiger partial charge in [0.05, 0.1) is 0 Å². The predicted molar refractivity (Wildman–Crippen MR) is 73.7 cm³/mol. The summed E-state index contributed by atoms with van der Waals surface area (Å²) in [5.41, 5.74) is 7.79. The molecule has 0 radical (unpaired) electrons. The minimum atomic E-state index is -0.224. The highest BCUT2D eigenvalue weighted by atomic mass is 19.1. The van der Waals surface area contributed by atoms with Gasteiger partial charge in [0.25, 0.3) is 0 Å². The molecule has 0 saturated heterocycles. The van der Waals surface area contributed by atoms with Crippen LogP contribution in [0.3, 0.4) is 0 Å². The Bertz CT molecular complexity index is 382. The van der Waals surface area contributed by atoms with E-state index in [0.29, 0.717) is 5.41 Å². The minimum Gasteiger partial charge on any atom is -0.321 e. The Morgan fingerprint density at radius 3 is 2.00 bits per heavy atom. The van der Waals surface area contributed by atoms with Crippen molar-refractivity contribution in [3.63, 3.8) is 0 Å². The summed E-state index contributed by atoms with van der Waals surface area (Å²) in [4.78, 5) is 0. The fourth-order valence-electron chi connectivity index (χ4n) is 3.81. The molecule has 1 saturated carbocycles. The lowest BCUT2D eigenvalue weighted by atomic mass is 9.52. The Balaban J connectivity index is 2.10. The van der Waals surface area contributed by atoms with Crippen molar-refractivity contribution in [3.8, 4) is 0 Å². The lowest BCUT2D eigenvalue weighted by Crippen LogP contribution is -2.55. The van der Waals surface area contributed by atoms with Crippen molar-refractivity contribution in [3.05, 3.63) is 35.6 Å². The predicted octanol–water partition coefficient (Wildman–Crippen LogP) is 4.36. The van der Waals surface area contributed by atoms with E-state index in [9.17, 15) is 4.39 Å². The van der Waals surface area contributed by atoms with Gasteiger partial charge in [-0.1, -0.05) is 38.8 Å². The van der Waals surface area contributed by atoms with Gasteiger partial charge < -0.3 is 5.73 Å². The lowest BCUT2D eigenvalue weighted by molar-refractivity contribution is 0.00620. The van der Waals surface area contributed by atoms with Gasteiger partial charge >= 0.3 is 0 Å². The van der Waals surface area contributed by atoms with Crippen LogP contribution in [0.15, 0.2) is 24.3 Å². The molecule has 1 nitrogen and oxygen atoms in total. The second-order valence-electron chi connectivity index (χ2n) is 6.02. The van der Waals surface area contributed by atoms with E-state index in [1.807, 2.05) is 12.1 Å². The highest BCUT2D eigenvalue weighted by molar-refractivity contribution is 5.29. The molecule has 0 spiro atoms. The van der Waals surface area contributed by atoms with Gasteiger partial charge in [0.1, 0.15) is 5.82 Å². The monoisotopic (exact) mass is 249 g/mol. The van der Waals surface area contributed by atoms with Crippen molar-refractivity contribution in [2.75, 3.05) is 0 Å². The fourth-order valence-corrected chi connectivity index (χ4v) is 3.81. The van der Waals surface area contributed by atoms with E-state index in [0.717, 1.165) is 18.4 Å². The first-order valence-electron chi connectivity index (χ1n) is 7.08. The molecule has 1 aromatic carbocycles. The average molecular weight is 249 g/mol. The number of rotatable bonds is 5. The largest absolute Gasteiger partial charge is 0.321 e. The van der Waals surface area contributed by atoms with E-state index in [4.69, 9.17) is 5.73 Å². The van der Waals surface area contributed by atoms with Crippen LogP contribution in [0.2, 0.25) is 0 Å². The number of hydrogen-bond donors (Lipinski definition) is 1. The van der Waals surface area contributed by atoms with Crippen LogP contribution in [0.25, 0.3) is 0 Å². The maximum atomic E-state index is 12.9. The molecule has 0 unspecified atom stereocenters. The number of halogens is 1. The molecule has 0 bridgehead atoms. The summed E-state index contributed by atoms with van der Waals surface area (Å²) < 4.78 is 12.9. The molecule has 0 aliphatic heterocycles. The quantitative estimate of drug-likeness (QED) is 0.824. The summed E-state index contributed by atoms with van der Waals surface area (Å²) in [7, 11) is 0. The van der Waals surface area contributed by atoms with E-state index in [1.165, 1.54) is 37.8 Å². The standard InChI is InChI=1S/C16H24FN/c1-3-9-15(10-4-2)11-16(18,12-15)13-5-7-14(17)8-6-13/h5-8H,3-4,9-12,18H2,1-2H3. The molecular formula is C16H24FN. The van der Waals surface area contributed by atoms with Crippen LogP contribution in [0.5, 0.6) is 0 Å². The highest BCUT2D eigenvalue weighted by Crippen LogP contribution is 2.57. The van der Waals surface area contributed by atoms with Gasteiger partial charge in [-0.3, -0.25) is 0 Å². The van der Waals surface area contributed by atoms with Crippen LogP contribution in [-0.4, -0.2) is 0 Å². The number of benzene rings is 1. The second-order valence-corrected chi connectivity index (χ2v) is 6.02. The molecule has 2 heteroatoms. The maximum absolute atomic E-state index is 12.9. The molecule has 1 aliphatic rings. The third-order valence-corrected chi connectivity index (χ3v) is 4.36. The maximum Gasteiger partial charge on any atom is 0.123 e. The Labute approximate surface area is 110 Å². The number of hydrogen-bond acceptors (Lipinski definition) is 1. The van der Waals surface area contributed by atoms with Crippen LogP contribution < -0.4 is 5.73 Å². The highest BCUT2D eigenvalue weighted by Gasteiger charge is 2.51. The molecule has 100 valence electrons. The zero-order valence-electron chi connectivity index (χ0n) is 11.5. The van der Waals surface area contributed by atoms with Gasteiger partial charge in [-0.25, -0.2) is 4.39 Å². The van der Waals surface area contributed by atoms with E-state index in [1.54, 1.807) is 0 Å². The molecule has 1 aliphatic carbocycles. The summed E-state index contributed by atoms with van der Waals surface area (Å²) >= 11 is 0. The van der Waals surface area contributed by atoms with E-state index < -0.39 is 0 Å². The topological polar surface area (TPSA) is 26.0 Å². The van der Waals surface area contributed by atoms with Crippen molar-refractivity contribution in [1.29, 1.82) is 0 Å². The average Bonchev–Trinajstić information content (AvgIpc) is 2.28. The normalized spacial score (nSPS) is 20.4. The van der Waals surface area contributed by atoms with Crippen molar-refractivity contribution >= 4 is 0 Å². The summed E-state index contributed by atoms with van der Waals surface area (Å²) in [6.07, 6.45) is 7.07. The summed E-state index contributed by atoms with van der Waals surface area (Å²) in [6.45, 7) is 4.48. The van der Waals surface area contributed by atoms with Crippen LogP contribution in [0.1, 0.15) is 57.9 Å². The number of nitrogens with two attached hydrogens (primary N) is 1. The molecule has 0 aromatic heterocycles. The molecule has 0 heterocycles. The lowest BCUT2D eigenvalue weighted by Gasteiger charge is -2.55. The Morgan fingerprint density at radius 1 is 1.06 bits per heavy atom. The third kappa shape index (κ3) is 2.44. The summed E-state index contributed by atoms with van der Waals surface area (Å²) in [6, 6.07) is 6.72. The van der Waals surface area contributed by atoms with Gasteiger partial charge in [-0.05, 0) is 48.8 Å². The third-order valence-electron chi connectivity index (χ3n) is 4.36. The van der Waals surface area contributed by atoms with Crippen LogP contribution in [-0.2, 0) is 5.54 Å². The SMILES string of the molecule is CCCC1(CCC)CC(N)(c2ccc(F)cc2)C1. The first-order valence-corrected chi connectivity index (χ1v) is 7.08.